The number of hydrogen-bond acceptors (Lipinski definition) is 3. The van der Waals surface area contributed by atoms with Gasteiger partial charge in [-0.1, -0.05) is 17.7 Å². The SMILES string of the molecule is Cc1ccc(OP2OCCCO2)cc1. The first-order valence-electron chi connectivity index (χ1n) is 4.65. The zero-order valence-corrected chi connectivity index (χ0v) is 9.00. The van der Waals surface area contributed by atoms with Gasteiger partial charge in [-0.25, -0.2) is 0 Å². The normalized spacial score (nSPS) is 18.1. The molecular weight excluding hydrogens is 199 g/mol. The molecule has 1 aliphatic heterocycles. The highest BCUT2D eigenvalue weighted by Crippen LogP contribution is 2.42. The van der Waals surface area contributed by atoms with Crippen LogP contribution in [0.3, 0.4) is 0 Å². The molecule has 0 bridgehead atoms. The maximum atomic E-state index is 5.53. The molecule has 4 heteroatoms. The summed E-state index contributed by atoms with van der Waals surface area (Å²) < 4.78 is 16.2. The minimum atomic E-state index is -1.16. The van der Waals surface area contributed by atoms with Crippen molar-refractivity contribution >= 4 is 8.60 Å². The van der Waals surface area contributed by atoms with Crippen molar-refractivity contribution in [2.75, 3.05) is 13.2 Å². The summed E-state index contributed by atoms with van der Waals surface area (Å²) in [6, 6.07) is 7.88. The molecule has 0 atom stereocenters. The molecule has 0 unspecified atom stereocenters. The van der Waals surface area contributed by atoms with Crippen LogP contribution in [0.25, 0.3) is 0 Å². The molecule has 0 aromatic heterocycles. The van der Waals surface area contributed by atoms with Crippen LogP contribution in [0.15, 0.2) is 24.3 Å². The Labute approximate surface area is 85.0 Å². The fourth-order valence-electron chi connectivity index (χ4n) is 1.11. The van der Waals surface area contributed by atoms with Gasteiger partial charge in [-0.3, -0.25) is 0 Å². The van der Waals surface area contributed by atoms with E-state index in [9.17, 15) is 0 Å². The van der Waals surface area contributed by atoms with E-state index in [1.54, 1.807) is 0 Å². The molecule has 1 heterocycles. The molecule has 0 aliphatic carbocycles. The van der Waals surface area contributed by atoms with E-state index in [-0.39, 0.29) is 0 Å². The second-order valence-electron chi connectivity index (χ2n) is 3.15. The smallest absolute Gasteiger partial charge is 0.397 e. The highest BCUT2D eigenvalue weighted by molar-refractivity contribution is 7.42. The second-order valence-corrected chi connectivity index (χ2v) is 4.29. The third-order valence-electron chi connectivity index (χ3n) is 1.88. The maximum Gasteiger partial charge on any atom is 0.397 e. The lowest BCUT2D eigenvalue weighted by molar-refractivity contribution is 0.147. The lowest BCUT2D eigenvalue weighted by atomic mass is 10.2. The Bertz CT molecular complexity index is 280. The van der Waals surface area contributed by atoms with Crippen LogP contribution < -0.4 is 4.52 Å². The van der Waals surface area contributed by atoms with E-state index in [2.05, 4.69) is 0 Å². The Morgan fingerprint density at radius 1 is 1.14 bits per heavy atom. The van der Waals surface area contributed by atoms with Gasteiger partial charge in [-0.2, -0.15) is 0 Å². The van der Waals surface area contributed by atoms with E-state index in [0.717, 1.165) is 25.4 Å². The van der Waals surface area contributed by atoms with Crippen LogP contribution in [-0.2, 0) is 9.05 Å². The standard InChI is InChI=1S/C10H13O3P/c1-9-3-5-10(6-4-9)13-14-11-7-2-8-12-14/h3-6H,2,7-8H2,1H3. The van der Waals surface area contributed by atoms with Gasteiger partial charge in [0.2, 0.25) is 0 Å². The van der Waals surface area contributed by atoms with Crippen molar-refractivity contribution in [2.24, 2.45) is 0 Å². The Balaban J connectivity index is 1.92. The molecular formula is C10H13O3P. The van der Waals surface area contributed by atoms with Crippen molar-refractivity contribution in [3.05, 3.63) is 29.8 Å². The van der Waals surface area contributed by atoms with Crippen LogP contribution in [-0.4, -0.2) is 13.2 Å². The highest BCUT2D eigenvalue weighted by atomic mass is 31.2. The molecule has 14 heavy (non-hydrogen) atoms. The lowest BCUT2D eigenvalue weighted by Crippen LogP contribution is -2.07. The minimum absolute atomic E-state index is 0.734. The predicted molar refractivity (Wildman–Crippen MR) is 55.2 cm³/mol. The number of hydrogen-bond donors (Lipinski definition) is 0. The fourth-order valence-corrected chi connectivity index (χ4v) is 2.14. The van der Waals surface area contributed by atoms with Gasteiger partial charge >= 0.3 is 8.60 Å². The molecule has 1 saturated heterocycles. The minimum Gasteiger partial charge on any atom is -0.427 e. The molecule has 0 saturated carbocycles. The third-order valence-corrected chi connectivity index (χ3v) is 3.03. The van der Waals surface area contributed by atoms with Crippen molar-refractivity contribution in [1.29, 1.82) is 0 Å². The van der Waals surface area contributed by atoms with Crippen LogP contribution in [0.5, 0.6) is 5.75 Å². The second kappa shape index (κ2) is 4.74. The van der Waals surface area contributed by atoms with Crippen molar-refractivity contribution in [2.45, 2.75) is 13.3 Å². The van der Waals surface area contributed by atoms with Crippen LogP contribution in [0.2, 0.25) is 0 Å². The van der Waals surface area contributed by atoms with Crippen molar-refractivity contribution in [1.82, 2.24) is 0 Å². The van der Waals surface area contributed by atoms with Gasteiger partial charge in [0.05, 0.1) is 13.2 Å². The Morgan fingerprint density at radius 2 is 1.79 bits per heavy atom. The monoisotopic (exact) mass is 212 g/mol. The molecule has 0 amide bonds. The summed E-state index contributed by atoms with van der Waals surface area (Å²) in [6.45, 7) is 3.51. The Kier molecular flexibility index (Phi) is 3.35. The fraction of sp³-hybridized carbons (Fsp3) is 0.400. The summed E-state index contributed by atoms with van der Waals surface area (Å²) in [6.07, 6.45) is 0.954. The van der Waals surface area contributed by atoms with E-state index in [1.807, 2.05) is 31.2 Å². The molecule has 3 nitrogen and oxygen atoms in total. The topological polar surface area (TPSA) is 27.7 Å². The molecule has 2 rings (SSSR count). The first kappa shape index (κ1) is 9.91. The largest absolute Gasteiger partial charge is 0.427 e. The first-order chi connectivity index (χ1) is 6.84. The average Bonchev–Trinajstić information content (AvgIpc) is 2.23. The zero-order valence-electron chi connectivity index (χ0n) is 8.10. The molecule has 0 N–H and O–H groups in total. The van der Waals surface area contributed by atoms with Crippen LogP contribution in [0.4, 0.5) is 0 Å². The molecule has 1 aliphatic rings. The summed E-state index contributed by atoms with van der Waals surface area (Å²) in [7, 11) is -1.16. The first-order valence-corrected chi connectivity index (χ1v) is 5.75. The number of rotatable bonds is 2. The molecule has 76 valence electrons. The number of aryl methyl sites for hydroxylation is 1. The van der Waals surface area contributed by atoms with Gasteiger partial charge in [-0.15, -0.1) is 0 Å². The quantitative estimate of drug-likeness (QED) is 0.705. The highest BCUT2D eigenvalue weighted by Gasteiger charge is 2.18. The zero-order chi connectivity index (χ0) is 9.80. The molecule has 0 spiro atoms. The average molecular weight is 212 g/mol. The molecule has 1 aromatic rings. The predicted octanol–water partition coefficient (Wildman–Crippen LogP) is 3.04. The van der Waals surface area contributed by atoms with Crippen molar-refractivity contribution < 1.29 is 13.6 Å². The van der Waals surface area contributed by atoms with Gasteiger partial charge in [0.1, 0.15) is 5.75 Å². The summed E-state index contributed by atoms with van der Waals surface area (Å²) in [4.78, 5) is 0. The molecule has 1 fully saturated rings. The molecule has 1 aromatic carbocycles. The van der Waals surface area contributed by atoms with Gasteiger partial charge < -0.3 is 13.6 Å². The summed E-state index contributed by atoms with van der Waals surface area (Å²) >= 11 is 0. The summed E-state index contributed by atoms with van der Waals surface area (Å²) in [5.74, 6) is 0.809. The molecule has 0 radical (unpaired) electrons. The van der Waals surface area contributed by atoms with Crippen LogP contribution in [0, 0.1) is 6.92 Å². The van der Waals surface area contributed by atoms with E-state index in [0.29, 0.717) is 0 Å². The van der Waals surface area contributed by atoms with E-state index < -0.39 is 8.60 Å². The van der Waals surface area contributed by atoms with Gasteiger partial charge in [0.15, 0.2) is 0 Å². The van der Waals surface area contributed by atoms with Crippen molar-refractivity contribution in [3.8, 4) is 5.75 Å². The van der Waals surface area contributed by atoms with Crippen LogP contribution in [0.1, 0.15) is 12.0 Å². The van der Waals surface area contributed by atoms with Gasteiger partial charge in [0.25, 0.3) is 0 Å². The van der Waals surface area contributed by atoms with Gasteiger partial charge in [0, 0.05) is 0 Å². The Morgan fingerprint density at radius 3 is 2.43 bits per heavy atom. The van der Waals surface area contributed by atoms with E-state index in [4.69, 9.17) is 13.6 Å². The van der Waals surface area contributed by atoms with Gasteiger partial charge in [-0.05, 0) is 25.5 Å². The lowest BCUT2D eigenvalue weighted by Gasteiger charge is -2.20. The number of benzene rings is 1. The van der Waals surface area contributed by atoms with Crippen LogP contribution >= 0.6 is 8.60 Å². The summed E-state index contributed by atoms with van der Waals surface area (Å²) in [5, 5.41) is 0. The summed E-state index contributed by atoms with van der Waals surface area (Å²) in [5.41, 5.74) is 1.22. The van der Waals surface area contributed by atoms with E-state index in [1.165, 1.54) is 5.56 Å². The van der Waals surface area contributed by atoms with E-state index >= 15 is 0 Å². The third kappa shape index (κ3) is 2.68. The maximum absolute atomic E-state index is 5.53. The Hall–Kier alpha value is -0.630. The van der Waals surface area contributed by atoms with Crippen molar-refractivity contribution in [3.63, 3.8) is 0 Å².